The summed E-state index contributed by atoms with van der Waals surface area (Å²) >= 11 is 6.51. The molecule has 182 valence electrons. The number of para-hydroxylation sites is 1. The molecular formula is C27H34ClN3O3. The highest BCUT2D eigenvalue weighted by molar-refractivity contribution is 6.31. The summed E-state index contributed by atoms with van der Waals surface area (Å²) in [6.07, 6.45) is 3.21. The van der Waals surface area contributed by atoms with Crippen LogP contribution in [0.2, 0.25) is 5.02 Å². The molecule has 7 heteroatoms. The molecule has 1 saturated carbocycles. The quantitative estimate of drug-likeness (QED) is 0.612. The van der Waals surface area contributed by atoms with Gasteiger partial charge in [0.25, 0.3) is 0 Å². The highest BCUT2D eigenvalue weighted by Crippen LogP contribution is 2.60. The van der Waals surface area contributed by atoms with Gasteiger partial charge in [-0.05, 0) is 61.5 Å². The van der Waals surface area contributed by atoms with Crippen molar-refractivity contribution in [1.82, 2.24) is 9.80 Å². The Balaban J connectivity index is 1.12. The first-order chi connectivity index (χ1) is 16.5. The normalized spacial score (nSPS) is 22.0. The molecule has 0 bridgehead atoms. The summed E-state index contributed by atoms with van der Waals surface area (Å²) in [6, 6.07) is 14.3. The standard InChI is InChI=1S/C27H34ClN3O3/c1-33-24-16-20(23(28)17-25(24)34-2)19-29-10-8-27(9-11-29)18-22(27)26(32)31-14-12-30(13-15-31)21-6-4-3-5-7-21/h3-7,16-17,22H,8-15,18-19H2,1-2H3/t22-/m0/s1. The minimum Gasteiger partial charge on any atom is -0.493 e. The van der Waals surface area contributed by atoms with E-state index in [2.05, 4.69) is 39.0 Å². The summed E-state index contributed by atoms with van der Waals surface area (Å²) in [5.74, 6) is 1.94. The van der Waals surface area contributed by atoms with Crippen molar-refractivity contribution in [2.45, 2.75) is 25.8 Å². The number of anilines is 1. The van der Waals surface area contributed by atoms with E-state index in [4.69, 9.17) is 21.1 Å². The van der Waals surface area contributed by atoms with E-state index in [1.807, 2.05) is 18.2 Å². The van der Waals surface area contributed by atoms with E-state index in [-0.39, 0.29) is 11.3 Å². The Labute approximate surface area is 207 Å². The zero-order chi connectivity index (χ0) is 23.7. The molecule has 0 unspecified atom stereocenters. The van der Waals surface area contributed by atoms with Crippen molar-refractivity contribution in [3.8, 4) is 11.5 Å². The van der Waals surface area contributed by atoms with Gasteiger partial charge in [-0.2, -0.15) is 0 Å². The van der Waals surface area contributed by atoms with Gasteiger partial charge in [0.15, 0.2) is 11.5 Å². The molecule has 5 rings (SSSR count). The second-order valence-corrected chi connectivity index (χ2v) is 10.2. The number of piperazine rings is 1. The number of piperidine rings is 1. The number of carbonyl (C=O) groups is 1. The van der Waals surface area contributed by atoms with E-state index < -0.39 is 0 Å². The van der Waals surface area contributed by atoms with Gasteiger partial charge in [-0.1, -0.05) is 29.8 Å². The molecule has 2 heterocycles. The minimum absolute atomic E-state index is 0.211. The third-order valence-corrected chi connectivity index (χ3v) is 8.35. The second kappa shape index (κ2) is 9.67. The van der Waals surface area contributed by atoms with E-state index in [1.165, 1.54) is 5.69 Å². The molecule has 1 amide bonds. The number of rotatable bonds is 6. The Morgan fingerprint density at radius 3 is 2.26 bits per heavy atom. The Bertz CT molecular complexity index is 1020. The summed E-state index contributed by atoms with van der Waals surface area (Å²) < 4.78 is 10.8. The maximum Gasteiger partial charge on any atom is 0.226 e. The molecule has 6 nitrogen and oxygen atoms in total. The molecule has 2 aromatic carbocycles. The summed E-state index contributed by atoms with van der Waals surface area (Å²) in [4.78, 5) is 20.2. The van der Waals surface area contributed by atoms with Crippen molar-refractivity contribution < 1.29 is 14.3 Å². The average molecular weight is 484 g/mol. The highest BCUT2D eigenvalue weighted by Gasteiger charge is 2.59. The molecular weight excluding hydrogens is 450 g/mol. The summed E-state index contributed by atoms with van der Waals surface area (Å²) in [5, 5.41) is 0.701. The Morgan fingerprint density at radius 2 is 1.62 bits per heavy atom. The van der Waals surface area contributed by atoms with Crippen LogP contribution >= 0.6 is 11.6 Å². The van der Waals surface area contributed by atoms with Crippen molar-refractivity contribution in [3.05, 3.63) is 53.1 Å². The van der Waals surface area contributed by atoms with Gasteiger partial charge in [0.1, 0.15) is 0 Å². The molecule has 2 aromatic rings. The van der Waals surface area contributed by atoms with Crippen LogP contribution in [0.1, 0.15) is 24.8 Å². The summed E-state index contributed by atoms with van der Waals surface area (Å²) in [6.45, 7) is 6.25. The van der Waals surface area contributed by atoms with Crippen molar-refractivity contribution >= 4 is 23.2 Å². The molecule has 2 aliphatic heterocycles. The molecule has 1 atom stereocenters. The van der Waals surface area contributed by atoms with E-state index in [0.717, 1.165) is 70.6 Å². The van der Waals surface area contributed by atoms with E-state index in [1.54, 1.807) is 14.2 Å². The largest absolute Gasteiger partial charge is 0.493 e. The van der Waals surface area contributed by atoms with Crippen molar-refractivity contribution in [1.29, 1.82) is 0 Å². The van der Waals surface area contributed by atoms with Crippen molar-refractivity contribution in [2.75, 3.05) is 58.4 Å². The number of benzene rings is 2. The fraction of sp³-hybridized carbons (Fsp3) is 0.519. The average Bonchev–Trinajstić information content (AvgIpc) is 3.59. The van der Waals surface area contributed by atoms with Crippen molar-refractivity contribution in [2.24, 2.45) is 11.3 Å². The van der Waals surface area contributed by atoms with Gasteiger partial charge in [0.2, 0.25) is 5.91 Å². The predicted octanol–water partition coefficient (Wildman–Crippen LogP) is 4.31. The van der Waals surface area contributed by atoms with E-state index in [9.17, 15) is 4.79 Å². The van der Waals surface area contributed by atoms with Gasteiger partial charge in [-0.3, -0.25) is 9.69 Å². The molecule has 0 N–H and O–H groups in total. The lowest BCUT2D eigenvalue weighted by molar-refractivity contribution is -0.134. The minimum atomic E-state index is 0.211. The molecule has 2 saturated heterocycles. The Morgan fingerprint density at radius 1 is 0.971 bits per heavy atom. The van der Waals surface area contributed by atoms with Crippen LogP contribution < -0.4 is 14.4 Å². The SMILES string of the molecule is COc1cc(Cl)c(CN2CCC3(CC2)C[C@H]3C(=O)N2CCN(c3ccccc3)CC2)cc1OC. The molecule has 3 fully saturated rings. The van der Waals surface area contributed by atoms with Gasteiger partial charge in [0.05, 0.1) is 14.2 Å². The number of amides is 1. The van der Waals surface area contributed by atoms with Gasteiger partial charge in [-0.15, -0.1) is 0 Å². The summed E-state index contributed by atoms with van der Waals surface area (Å²) in [7, 11) is 3.26. The Hall–Kier alpha value is -2.44. The second-order valence-electron chi connectivity index (χ2n) is 9.84. The van der Waals surface area contributed by atoms with Crippen LogP contribution in [0.15, 0.2) is 42.5 Å². The first kappa shape index (κ1) is 23.3. The van der Waals surface area contributed by atoms with Crippen LogP contribution in [-0.2, 0) is 11.3 Å². The maximum atomic E-state index is 13.3. The van der Waals surface area contributed by atoms with Gasteiger partial charge in [0, 0.05) is 55.4 Å². The predicted molar refractivity (Wildman–Crippen MR) is 135 cm³/mol. The van der Waals surface area contributed by atoms with Crippen molar-refractivity contribution in [3.63, 3.8) is 0 Å². The number of likely N-dealkylation sites (tertiary alicyclic amines) is 1. The number of halogens is 1. The van der Waals surface area contributed by atoms with Crippen LogP contribution in [0.25, 0.3) is 0 Å². The smallest absolute Gasteiger partial charge is 0.226 e. The van der Waals surface area contributed by atoms with E-state index >= 15 is 0 Å². The van der Waals surface area contributed by atoms with Crippen LogP contribution in [0.3, 0.4) is 0 Å². The van der Waals surface area contributed by atoms with Crippen LogP contribution in [-0.4, -0.2) is 69.2 Å². The van der Waals surface area contributed by atoms with Crippen LogP contribution in [0.5, 0.6) is 11.5 Å². The van der Waals surface area contributed by atoms with Crippen LogP contribution in [0.4, 0.5) is 5.69 Å². The topological polar surface area (TPSA) is 45.2 Å². The molecule has 1 aliphatic carbocycles. The fourth-order valence-electron chi connectivity index (χ4n) is 5.71. The fourth-order valence-corrected chi connectivity index (χ4v) is 5.92. The highest BCUT2D eigenvalue weighted by atomic mass is 35.5. The number of ether oxygens (including phenoxy) is 2. The van der Waals surface area contributed by atoms with Gasteiger partial charge < -0.3 is 19.3 Å². The third kappa shape index (κ3) is 4.58. The van der Waals surface area contributed by atoms with E-state index in [0.29, 0.717) is 22.4 Å². The first-order valence-electron chi connectivity index (χ1n) is 12.2. The zero-order valence-electron chi connectivity index (χ0n) is 20.1. The molecule has 0 radical (unpaired) electrons. The maximum absolute atomic E-state index is 13.3. The zero-order valence-corrected chi connectivity index (χ0v) is 20.9. The lowest BCUT2D eigenvalue weighted by Gasteiger charge is -2.37. The van der Waals surface area contributed by atoms with Gasteiger partial charge >= 0.3 is 0 Å². The van der Waals surface area contributed by atoms with Gasteiger partial charge in [-0.25, -0.2) is 0 Å². The first-order valence-corrected chi connectivity index (χ1v) is 12.6. The number of hydrogen-bond donors (Lipinski definition) is 0. The third-order valence-electron chi connectivity index (χ3n) is 8.00. The van der Waals surface area contributed by atoms with Crippen LogP contribution in [0, 0.1) is 11.3 Å². The molecule has 0 aromatic heterocycles. The number of hydrogen-bond acceptors (Lipinski definition) is 5. The number of methoxy groups -OCH3 is 2. The molecule has 3 aliphatic rings. The Kier molecular flexibility index (Phi) is 6.63. The number of carbonyl (C=O) groups excluding carboxylic acids is 1. The lowest BCUT2D eigenvalue weighted by Crippen LogP contribution is -2.50. The molecule has 34 heavy (non-hydrogen) atoms. The lowest BCUT2D eigenvalue weighted by atomic mass is 9.90. The monoisotopic (exact) mass is 483 g/mol. The summed E-state index contributed by atoms with van der Waals surface area (Å²) in [5.41, 5.74) is 2.51. The number of nitrogens with zero attached hydrogens (tertiary/aromatic N) is 3. The molecule has 1 spiro atoms.